The van der Waals surface area contributed by atoms with Gasteiger partial charge in [0.25, 0.3) is 0 Å². The molecule has 6 atom stereocenters. The third-order valence-electron chi connectivity index (χ3n) is 8.39. The average molecular weight is 373 g/mol. The Morgan fingerprint density at radius 2 is 1.85 bits per heavy atom. The summed E-state index contributed by atoms with van der Waals surface area (Å²) < 4.78 is 5.93. The summed E-state index contributed by atoms with van der Waals surface area (Å²) >= 11 is 0. The van der Waals surface area contributed by atoms with Crippen LogP contribution in [-0.2, 0) is 19.1 Å². The van der Waals surface area contributed by atoms with Crippen LogP contribution in [0.1, 0.15) is 78.6 Å². The summed E-state index contributed by atoms with van der Waals surface area (Å²) in [4.78, 5) is 37.1. The number of hydrogen-bond donors (Lipinski definition) is 0. The van der Waals surface area contributed by atoms with Gasteiger partial charge in [-0.2, -0.15) is 0 Å². The number of carbonyl (C=O) groups is 3. The van der Waals surface area contributed by atoms with Crippen LogP contribution in [-0.4, -0.2) is 23.6 Å². The fourth-order valence-corrected chi connectivity index (χ4v) is 6.88. The van der Waals surface area contributed by atoms with Gasteiger partial charge in [-0.1, -0.05) is 20.8 Å². The summed E-state index contributed by atoms with van der Waals surface area (Å²) in [7, 11) is 0. The van der Waals surface area contributed by atoms with E-state index >= 15 is 0 Å². The van der Waals surface area contributed by atoms with E-state index < -0.39 is 0 Å². The third-order valence-corrected chi connectivity index (χ3v) is 8.39. The van der Waals surface area contributed by atoms with Gasteiger partial charge < -0.3 is 4.74 Å². The van der Waals surface area contributed by atoms with E-state index in [0.717, 1.165) is 44.1 Å². The molecule has 0 unspecified atom stereocenters. The number of fused-ring (bicyclic) bond motifs is 5. The van der Waals surface area contributed by atoms with Crippen LogP contribution in [0.5, 0.6) is 0 Å². The molecule has 27 heavy (non-hydrogen) atoms. The maximum Gasteiger partial charge on any atom is 0.306 e. The number of rotatable bonds is 3. The normalized spacial score (nSPS) is 43.4. The Morgan fingerprint density at radius 1 is 1.11 bits per heavy atom. The molecule has 0 saturated heterocycles. The van der Waals surface area contributed by atoms with E-state index in [0.29, 0.717) is 42.8 Å². The van der Waals surface area contributed by atoms with Crippen molar-refractivity contribution in [3.8, 4) is 0 Å². The standard InChI is InChI=1S/C23H32O4/c1-4-5-21(26)27-19-13-15-16-6-7-20(25)23(16,3)11-9-17(15)22(2)10-8-14(24)12-18(19)22/h12,15-17,19H,4-11,13H2,1-3H3/t15-,16-,17-,19-,22+,23-/m0/s1. The zero-order valence-corrected chi connectivity index (χ0v) is 16.9. The Balaban J connectivity index is 1.70. The highest BCUT2D eigenvalue weighted by atomic mass is 16.5. The summed E-state index contributed by atoms with van der Waals surface area (Å²) in [5.41, 5.74) is 0.777. The molecule has 0 spiro atoms. The third kappa shape index (κ3) is 2.82. The van der Waals surface area contributed by atoms with Crippen molar-refractivity contribution in [3.05, 3.63) is 11.6 Å². The van der Waals surface area contributed by atoms with Crippen molar-refractivity contribution >= 4 is 17.5 Å². The Labute approximate surface area is 162 Å². The molecule has 148 valence electrons. The summed E-state index contributed by atoms with van der Waals surface area (Å²) in [6.45, 7) is 6.42. The molecule has 4 aliphatic carbocycles. The molecule has 3 saturated carbocycles. The fourth-order valence-electron chi connectivity index (χ4n) is 6.88. The van der Waals surface area contributed by atoms with Crippen LogP contribution in [0, 0.1) is 28.6 Å². The van der Waals surface area contributed by atoms with Crippen molar-refractivity contribution in [1.82, 2.24) is 0 Å². The summed E-state index contributed by atoms with van der Waals surface area (Å²) in [5.74, 6) is 1.72. The van der Waals surface area contributed by atoms with Gasteiger partial charge in [-0.3, -0.25) is 14.4 Å². The first-order valence-corrected chi connectivity index (χ1v) is 10.8. The first-order valence-electron chi connectivity index (χ1n) is 10.8. The minimum atomic E-state index is -0.294. The molecule has 3 fully saturated rings. The number of Topliss-reactive ketones (excluding diaryl/α,β-unsaturated/α-hetero) is 1. The molecule has 0 N–H and O–H groups in total. The molecule has 4 heteroatoms. The molecule has 0 aromatic heterocycles. The lowest BCUT2D eigenvalue weighted by molar-refractivity contribution is -0.156. The molecule has 0 aliphatic heterocycles. The van der Waals surface area contributed by atoms with Crippen molar-refractivity contribution in [2.75, 3.05) is 0 Å². The molecule has 0 aromatic rings. The largest absolute Gasteiger partial charge is 0.458 e. The molecule has 0 aromatic carbocycles. The number of hydrogen-bond acceptors (Lipinski definition) is 4. The van der Waals surface area contributed by atoms with E-state index in [1.165, 1.54) is 0 Å². The highest BCUT2D eigenvalue weighted by Crippen LogP contribution is 2.64. The van der Waals surface area contributed by atoms with Crippen molar-refractivity contribution in [2.45, 2.75) is 84.7 Å². The highest BCUT2D eigenvalue weighted by molar-refractivity contribution is 5.92. The van der Waals surface area contributed by atoms with Gasteiger partial charge in [0.1, 0.15) is 11.9 Å². The van der Waals surface area contributed by atoms with E-state index in [2.05, 4.69) is 13.8 Å². The predicted octanol–water partition coefficient (Wildman–Crippen LogP) is 4.41. The van der Waals surface area contributed by atoms with Gasteiger partial charge in [-0.15, -0.1) is 0 Å². The van der Waals surface area contributed by atoms with Crippen molar-refractivity contribution < 1.29 is 19.1 Å². The second-order valence-corrected chi connectivity index (χ2v) is 9.74. The van der Waals surface area contributed by atoms with Crippen molar-refractivity contribution in [1.29, 1.82) is 0 Å². The zero-order chi connectivity index (χ0) is 19.4. The highest BCUT2D eigenvalue weighted by Gasteiger charge is 2.61. The number of carbonyl (C=O) groups excluding carboxylic acids is 3. The van der Waals surface area contributed by atoms with Crippen LogP contribution < -0.4 is 0 Å². The van der Waals surface area contributed by atoms with Crippen LogP contribution in [0.2, 0.25) is 0 Å². The van der Waals surface area contributed by atoms with E-state index in [1.54, 1.807) is 6.08 Å². The van der Waals surface area contributed by atoms with Crippen LogP contribution in [0.25, 0.3) is 0 Å². The predicted molar refractivity (Wildman–Crippen MR) is 102 cm³/mol. The molecule has 4 nitrogen and oxygen atoms in total. The molecular formula is C23H32O4. The maximum absolute atomic E-state index is 12.6. The Kier molecular flexibility index (Phi) is 4.59. The van der Waals surface area contributed by atoms with Gasteiger partial charge in [-0.25, -0.2) is 0 Å². The quantitative estimate of drug-likeness (QED) is 0.689. The number of ketones is 2. The van der Waals surface area contributed by atoms with Crippen LogP contribution in [0.15, 0.2) is 11.6 Å². The van der Waals surface area contributed by atoms with Crippen LogP contribution >= 0.6 is 0 Å². The maximum atomic E-state index is 12.6. The lowest BCUT2D eigenvalue weighted by Crippen LogP contribution is -2.54. The minimum Gasteiger partial charge on any atom is -0.458 e. The van der Waals surface area contributed by atoms with Gasteiger partial charge in [-0.05, 0) is 73.3 Å². The first kappa shape index (κ1) is 18.9. The van der Waals surface area contributed by atoms with Gasteiger partial charge in [0.2, 0.25) is 0 Å². The second-order valence-electron chi connectivity index (χ2n) is 9.74. The van der Waals surface area contributed by atoms with Crippen LogP contribution in [0.3, 0.4) is 0 Å². The molecule has 0 bridgehead atoms. The Bertz CT molecular complexity index is 707. The summed E-state index contributed by atoms with van der Waals surface area (Å²) in [6, 6.07) is 0. The van der Waals surface area contributed by atoms with E-state index in [1.807, 2.05) is 6.92 Å². The molecule has 0 heterocycles. The van der Waals surface area contributed by atoms with Crippen LogP contribution in [0.4, 0.5) is 0 Å². The summed E-state index contributed by atoms with van der Waals surface area (Å²) in [5, 5.41) is 0. The van der Waals surface area contributed by atoms with Gasteiger partial charge in [0.05, 0.1) is 0 Å². The lowest BCUT2D eigenvalue weighted by Gasteiger charge is -2.58. The fraction of sp³-hybridized carbons (Fsp3) is 0.783. The van der Waals surface area contributed by atoms with Gasteiger partial charge >= 0.3 is 5.97 Å². The zero-order valence-electron chi connectivity index (χ0n) is 16.9. The molecule has 0 radical (unpaired) electrons. The second kappa shape index (κ2) is 6.56. The number of ether oxygens (including phenoxy) is 1. The average Bonchev–Trinajstić information content (AvgIpc) is 2.92. The monoisotopic (exact) mass is 372 g/mol. The van der Waals surface area contributed by atoms with Gasteiger partial charge in [0.15, 0.2) is 5.78 Å². The number of esters is 1. The van der Waals surface area contributed by atoms with E-state index in [-0.39, 0.29) is 28.7 Å². The van der Waals surface area contributed by atoms with Crippen molar-refractivity contribution in [2.24, 2.45) is 28.6 Å². The van der Waals surface area contributed by atoms with Gasteiger partial charge in [0, 0.05) is 24.7 Å². The Morgan fingerprint density at radius 3 is 2.59 bits per heavy atom. The molecule has 4 aliphatic rings. The molecule has 4 rings (SSSR count). The van der Waals surface area contributed by atoms with E-state index in [9.17, 15) is 14.4 Å². The van der Waals surface area contributed by atoms with Crippen molar-refractivity contribution in [3.63, 3.8) is 0 Å². The minimum absolute atomic E-state index is 0.0824. The molecule has 0 amide bonds. The smallest absolute Gasteiger partial charge is 0.306 e. The van der Waals surface area contributed by atoms with E-state index in [4.69, 9.17) is 4.74 Å². The first-order chi connectivity index (χ1) is 12.8. The SMILES string of the molecule is CCCC(=O)O[C@H]1C[C@@H]2[C@H](CC[C@]3(C)C(=O)CC[C@@H]23)[C@@]2(C)CCC(=O)C=C12. The molecular weight excluding hydrogens is 340 g/mol. The lowest BCUT2D eigenvalue weighted by atomic mass is 9.47. The Hall–Kier alpha value is -1.45. The summed E-state index contributed by atoms with van der Waals surface area (Å²) in [6.07, 6.45) is 8.57. The topological polar surface area (TPSA) is 60.4 Å².